The van der Waals surface area contributed by atoms with Gasteiger partial charge in [0.1, 0.15) is 18.1 Å². The van der Waals surface area contributed by atoms with Crippen molar-refractivity contribution in [1.29, 1.82) is 0 Å². The molecule has 1 atom stereocenters. The van der Waals surface area contributed by atoms with Crippen LogP contribution >= 0.6 is 0 Å². The Labute approximate surface area is 209 Å². The highest BCUT2D eigenvalue weighted by Crippen LogP contribution is 2.32. The molecule has 1 saturated heterocycles. The van der Waals surface area contributed by atoms with E-state index in [0.29, 0.717) is 24.5 Å². The van der Waals surface area contributed by atoms with Gasteiger partial charge in [-0.05, 0) is 74.2 Å². The molecule has 1 unspecified atom stereocenters. The number of carbonyl (C=O) groups is 2. The van der Waals surface area contributed by atoms with Gasteiger partial charge in [0.2, 0.25) is 17.8 Å². The number of halogens is 1. The zero-order valence-electron chi connectivity index (χ0n) is 20.2. The molecule has 8 nitrogen and oxygen atoms in total. The predicted molar refractivity (Wildman–Crippen MR) is 132 cm³/mol. The summed E-state index contributed by atoms with van der Waals surface area (Å²) in [4.78, 5) is 32.3. The molecule has 2 aliphatic rings. The van der Waals surface area contributed by atoms with Crippen molar-refractivity contribution in [3.63, 3.8) is 0 Å². The number of anilines is 1. The summed E-state index contributed by atoms with van der Waals surface area (Å²) in [7, 11) is 1.60. The largest absolute Gasteiger partial charge is 0.497 e. The van der Waals surface area contributed by atoms with Gasteiger partial charge >= 0.3 is 0 Å². The van der Waals surface area contributed by atoms with Gasteiger partial charge in [0.05, 0.1) is 18.9 Å². The predicted octanol–water partition coefficient (Wildman–Crippen LogP) is 4.04. The SMILES string of the molecule is COc1ccc(-c2cn(-c3ccc(F)cc3)c(NC(=O)CN(CC3CCCO3)C(=O)C3CC3)n2)cc1. The van der Waals surface area contributed by atoms with Crippen LogP contribution in [0.3, 0.4) is 0 Å². The maximum Gasteiger partial charge on any atom is 0.246 e. The lowest BCUT2D eigenvalue weighted by molar-refractivity contribution is -0.137. The lowest BCUT2D eigenvalue weighted by Crippen LogP contribution is -2.43. The van der Waals surface area contributed by atoms with Crippen LogP contribution in [0.5, 0.6) is 5.75 Å². The summed E-state index contributed by atoms with van der Waals surface area (Å²) in [6.45, 7) is 1.02. The van der Waals surface area contributed by atoms with Crippen LogP contribution in [0.15, 0.2) is 54.7 Å². The highest BCUT2D eigenvalue weighted by atomic mass is 19.1. The van der Waals surface area contributed by atoms with Crippen LogP contribution in [-0.2, 0) is 14.3 Å². The second-order valence-corrected chi connectivity index (χ2v) is 9.20. The van der Waals surface area contributed by atoms with Crippen molar-refractivity contribution < 1.29 is 23.5 Å². The van der Waals surface area contributed by atoms with E-state index in [4.69, 9.17) is 9.47 Å². The highest BCUT2D eigenvalue weighted by molar-refractivity contribution is 5.94. The Morgan fingerprint density at radius 3 is 2.53 bits per heavy atom. The Morgan fingerprint density at radius 2 is 1.89 bits per heavy atom. The van der Waals surface area contributed by atoms with Crippen molar-refractivity contribution in [2.45, 2.75) is 31.8 Å². The van der Waals surface area contributed by atoms with Crippen LogP contribution < -0.4 is 10.1 Å². The first-order chi connectivity index (χ1) is 17.5. The fraction of sp³-hybridized carbons (Fsp3) is 0.370. The van der Waals surface area contributed by atoms with Crippen molar-refractivity contribution in [3.8, 4) is 22.7 Å². The molecule has 1 saturated carbocycles. The van der Waals surface area contributed by atoms with Crippen molar-refractivity contribution in [3.05, 3.63) is 60.5 Å². The van der Waals surface area contributed by atoms with Crippen LogP contribution in [0.1, 0.15) is 25.7 Å². The van der Waals surface area contributed by atoms with E-state index in [9.17, 15) is 14.0 Å². The third-order valence-corrected chi connectivity index (χ3v) is 6.47. The maximum absolute atomic E-state index is 13.6. The summed E-state index contributed by atoms with van der Waals surface area (Å²) in [6, 6.07) is 13.3. The molecule has 1 aliphatic heterocycles. The van der Waals surface area contributed by atoms with Gasteiger partial charge in [0.15, 0.2) is 0 Å². The summed E-state index contributed by atoms with van der Waals surface area (Å²) in [5.41, 5.74) is 2.10. The molecular weight excluding hydrogens is 463 g/mol. The number of rotatable bonds is 9. The minimum Gasteiger partial charge on any atom is -0.497 e. The molecule has 2 aromatic carbocycles. The Bertz CT molecular complexity index is 1220. The van der Waals surface area contributed by atoms with Gasteiger partial charge in [-0.2, -0.15) is 0 Å². The minimum atomic E-state index is -0.358. The molecule has 0 radical (unpaired) electrons. The van der Waals surface area contributed by atoms with E-state index in [1.54, 1.807) is 34.9 Å². The van der Waals surface area contributed by atoms with E-state index in [-0.39, 0.29) is 42.1 Å². The molecule has 1 aliphatic carbocycles. The third kappa shape index (κ3) is 5.57. The van der Waals surface area contributed by atoms with Gasteiger partial charge < -0.3 is 14.4 Å². The van der Waals surface area contributed by atoms with E-state index in [0.717, 1.165) is 37.0 Å². The number of hydrogen-bond acceptors (Lipinski definition) is 5. The van der Waals surface area contributed by atoms with E-state index < -0.39 is 0 Å². The lowest BCUT2D eigenvalue weighted by atomic mass is 10.1. The van der Waals surface area contributed by atoms with Crippen LogP contribution in [0.25, 0.3) is 16.9 Å². The van der Waals surface area contributed by atoms with Crippen LogP contribution in [0.2, 0.25) is 0 Å². The van der Waals surface area contributed by atoms with Crippen molar-refractivity contribution in [2.24, 2.45) is 5.92 Å². The van der Waals surface area contributed by atoms with Gasteiger partial charge in [0, 0.05) is 36.5 Å². The topological polar surface area (TPSA) is 85.7 Å². The summed E-state index contributed by atoms with van der Waals surface area (Å²) in [6.07, 6.45) is 5.32. The second-order valence-electron chi connectivity index (χ2n) is 9.20. The summed E-state index contributed by atoms with van der Waals surface area (Å²) in [5, 5.41) is 2.87. The number of imidazole rings is 1. The molecule has 2 amide bonds. The highest BCUT2D eigenvalue weighted by Gasteiger charge is 2.35. The summed E-state index contributed by atoms with van der Waals surface area (Å²) < 4.78 is 26.2. The molecule has 9 heteroatoms. The van der Waals surface area contributed by atoms with E-state index >= 15 is 0 Å². The molecule has 5 rings (SSSR count). The first-order valence-electron chi connectivity index (χ1n) is 12.2. The number of amides is 2. The van der Waals surface area contributed by atoms with E-state index in [2.05, 4.69) is 10.3 Å². The molecule has 36 heavy (non-hydrogen) atoms. The fourth-order valence-corrected chi connectivity index (χ4v) is 4.36. The number of ether oxygens (including phenoxy) is 2. The maximum atomic E-state index is 13.6. The van der Waals surface area contributed by atoms with Gasteiger partial charge in [-0.25, -0.2) is 9.37 Å². The number of hydrogen-bond donors (Lipinski definition) is 1. The number of benzene rings is 2. The normalized spacial score (nSPS) is 17.1. The van der Waals surface area contributed by atoms with Gasteiger partial charge in [-0.1, -0.05) is 0 Å². The van der Waals surface area contributed by atoms with E-state index in [1.807, 2.05) is 24.3 Å². The van der Waals surface area contributed by atoms with Gasteiger partial charge in [0.25, 0.3) is 0 Å². The molecule has 1 N–H and O–H groups in total. The summed E-state index contributed by atoms with van der Waals surface area (Å²) >= 11 is 0. The molecular formula is C27H29FN4O4. The number of nitrogens with one attached hydrogen (secondary N) is 1. The molecule has 0 spiro atoms. The first kappa shape index (κ1) is 24.0. The van der Waals surface area contributed by atoms with Crippen molar-refractivity contribution >= 4 is 17.8 Å². The Hall–Kier alpha value is -3.72. The average Bonchev–Trinajstić information content (AvgIpc) is 3.46. The molecule has 2 heterocycles. The van der Waals surface area contributed by atoms with Gasteiger partial charge in [-0.3, -0.25) is 19.5 Å². The number of aromatic nitrogens is 2. The molecule has 2 fully saturated rings. The van der Waals surface area contributed by atoms with Crippen LogP contribution in [-0.4, -0.2) is 59.2 Å². The average molecular weight is 493 g/mol. The van der Waals surface area contributed by atoms with Crippen molar-refractivity contribution in [1.82, 2.24) is 14.5 Å². The zero-order valence-corrected chi connectivity index (χ0v) is 20.2. The quantitative estimate of drug-likeness (QED) is 0.487. The molecule has 0 bridgehead atoms. The Kier molecular flexibility index (Phi) is 6.99. The zero-order chi connectivity index (χ0) is 25.1. The molecule has 1 aromatic heterocycles. The lowest BCUT2D eigenvalue weighted by Gasteiger charge is -2.25. The second kappa shape index (κ2) is 10.5. The van der Waals surface area contributed by atoms with Gasteiger partial charge in [-0.15, -0.1) is 0 Å². The van der Waals surface area contributed by atoms with Crippen LogP contribution in [0, 0.1) is 11.7 Å². The third-order valence-electron chi connectivity index (χ3n) is 6.47. The Balaban J connectivity index is 1.38. The fourth-order valence-electron chi connectivity index (χ4n) is 4.36. The first-order valence-corrected chi connectivity index (χ1v) is 12.2. The monoisotopic (exact) mass is 492 g/mol. The minimum absolute atomic E-state index is 0.00134. The van der Waals surface area contributed by atoms with Crippen LogP contribution in [0.4, 0.5) is 10.3 Å². The molecule has 3 aromatic rings. The number of nitrogens with zero attached hydrogens (tertiary/aromatic N) is 3. The summed E-state index contributed by atoms with van der Waals surface area (Å²) in [5.74, 6) is 0.300. The smallest absolute Gasteiger partial charge is 0.246 e. The molecule has 188 valence electrons. The van der Waals surface area contributed by atoms with E-state index in [1.165, 1.54) is 12.1 Å². The van der Waals surface area contributed by atoms with Crippen molar-refractivity contribution in [2.75, 3.05) is 32.1 Å². The standard InChI is InChI=1S/C27H29FN4O4/c1-35-22-12-6-18(7-13-22)24-16-32(21-10-8-20(28)9-11-21)27(29-24)30-25(33)17-31(26(34)19-4-5-19)15-23-3-2-14-36-23/h6-13,16,19,23H,2-5,14-15,17H2,1H3,(H,29,30,33). The number of carbonyl (C=O) groups excluding carboxylic acids is 2. The Morgan fingerprint density at radius 1 is 1.14 bits per heavy atom. The number of methoxy groups -OCH3 is 1.